The predicted octanol–water partition coefficient (Wildman–Crippen LogP) is 1.96. The van der Waals surface area contributed by atoms with Crippen LogP contribution in [-0.2, 0) is 6.42 Å². The first-order valence-electron chi connectivity index (χ1n) is 4.13. The maximum atomic E-state index is 5.88. The van der Waals surface area contributed by atoms with Crippen LogP contribution in [0.4, 0.5) is 0 Å². The second-order valence-electron chi connectivity index (χ2n) is 2.94. The molecule has 0 aliphatic carbocycles. The Bertz CT molecular complexity index is 289. The number of hydrogen-bond donors (Lipinski definition) is 0. The Hall–Kier alpha value is -0.830. The molecule has 0 bridgehead atoms. The van der Waals surface area contributed by atoms with Gasteiger partial charge < -0.3 is 4.74 Å². The molecule has 0 aromatic carbocycles. The average Bonchev–Trinajstić information content (AvgIpc) is 2.08. The molecule has 3 nitrogen and oxygen atoms in total. The maximum Gasteiger partial charge on any atom is 0.219 e. The molecule has 1 rings (SSSR count). The second-order valence-corrected chi connectivity index (χ2v) is 3.68. The molecule has 1 aromatic heterocycles. The molecule has 4 heteroatoms. The summed E-state index contributed by atoms with van der Waals surface area (Å²) in [5.41, 5.74) is 1.92. The van der Waals surface area contributed by atoms with Gasteiger partial charge in [-0.15, -0.1) is 11.6 Å². The standard InChI is InChI=1S/C9H13ClN2O/c1-6(10)4-8-7(2)9(13-3)12-5-11-8/h5-6H,4H2,1-3H3. The van der Waals surface area contributed by atoms with Gasteiger partial charge in [-0.3, -0.25) is 0 Å². The Morgan fingerprint density at radius 2 is 2.23 bits per heavy atom. The highest BCUT2D eigenvalue weighted by molar-refractivity contribution is 6.20. The van der Waals surface area contributed by atoms with Gasteiger partial charge in [0.15, 0.2) is 0 Å². The number of aromatic nitrogens is 2. The summed E-state index contributed by atoms with van der Waals surface area (Å²) in [5.74, 6) is 0.627. The third-order valence-electron chi connectivity index (χ3n) is 1.81. The first-order chi connectivity index (χ1) is 6.15. The van der Waals surface area contributed by atoms with Crippen LogP contribution in [-0.4, -0.2) is 22.5 Å². The van der Waals surface area contributed by atoms with Crippen LogP contribution in [0.3, 0.4) is 0 Å². The molecule has 0 saturated carbocycles. The van der Waals surface area contributed by atoms with Crippen LogP contribution < -0.4 is 4.74 Å². The van der Waals surface area contributed by atoms with Crippen LogP contribution >= 0.6 is 11.6 Å². The summed E-state index contributed by atoms with van der Waals surface area (Å²) in [7, 11) is 1.60. The highest BCUT2D eigenvalue weighted by Gasteiger charge is 2.08. The highest BCUT2D eigenvalue weighted by atomic mass is 35.5. The van der Waals surface area contributed by atoms with E-state index in [9.17, 15) is 0 Å². The number of methoxy groups -OCH3 is 1. The summed E-state index contributed by atoms with van der Waals surface area (Å²) in [4.78, 5) is 8.14. The van der Waals surface area contributed by atoms with E-state index in [0.717, 1.165) is 17.7 Å². The first-order valence-corrected chi connectivity index (χ1v) is 4.57. The minimum atomic E-state index is 0.0818. The SMILES string of the molecule is COc1ncnc(CC(C)Cl)c1C. The monoisotopic (exact) mass is 200 g/mol. The van der Waals surface area contributed by atoms with E-state index in [2.05, 4.69) is 9.97 Å². The van der Waals surface area contributed by atoms with Gasteiger partial charge in [0.05, 0.1) is 12.8 Å². The van der Waals surface area contributed by atoms with E-state index in [1.807, 2.05) is 13.8 Å². The number of ether oxygens (including phenoxy) is 1. The minimum Gasteiger partial charge on any atom is -0.481 e. The van der Waals surface area contributed by atoms with Crippen molar-refractivity contribution in [2.45, 2.75) is 25.6 Å². The zero-order chi connectivity index (χ0) is 9.84. The van der Waals surface area contributed by atoms with Crippen molar-refractivity contribution in [1.29, 1.82) is 0 Å². The Labute approximate surface area is 83.1 Å². The number of hydrogen-bond acceptors (Lipinski definition) is 3. The molecule has 0 spiro atoms. The van der Waals surface area contributed by atoms with E-state index in [0.29, 0.717) is 5.88 Å². The van der Waals surface area contributed by atoms with Crippen molar-refractivity contribution in [2.75, 3.05) is 7.11 Å². The Kier molecular flexibility index (Phi) is 3.48. The zero-order valence-electron chi connectivity index (χ0n) is 8.04. The fourth-order valence-corrected chi connectivity index (χ4v) is 1.29. The number of nitrogens with zero attached hydrogens (tertiary/aromatic N) is 2. The fraction of sp³-hybridized carbons (Fsp3) is 0.556. The lowest BCUT2D eigenvalue weighted by molar-refractivity contribution is 0.392. The zero-order valence-corrected chi connectivity index (χ0v) is 8.80. The molecular formula is C9H13ClN2O. The average molecular weight is 201 g/mol. The molecular weight excluding hydrogens is 188 g/mol. The van der Waals surface area contributed by atoms with Gasteiger partial charge in [0.2, 0.25) is 5.88 Å². The predicted molar refractivity (Wildman–Crippen MR) is 52.3 cm³/mol. The topological polar surface area (TPSA) is 35.0 Å². The van der Waals surface area contributed by atoms with Gasteiger partial charge in [0.1, 0.15) is 6.33 Å². The summed E-state index contributed by atoms with van der Waals surface area (Å²) < 4.78 is 5.07. The van der Waals surface area contributed by atoms with Crippen LogP contribution in [0.15, 0.2) is 6.33 Å². The Morgan fingerprint density at radius 1 is 1.54 bits per heavy atom. The van der Waals surface area contributed by atoms with Gasteiger partial charge in [-0.05, 0) is 13.8 Å². The van der Waals surface area contributed by atoms with Crippen molar-refractivity contribution >= 4 is 11.6 Å². The molecule has 13 heavy (non-hydrogen) atoms. The van der Waals surface area contributed by atoms with E-state index in [4.69, 9.17) is 16.3 Å². The number of rotatable bonds is 3. The molecule has 0 radical (unpaired) electrons. The number of alkyl halides is 1. The Morgan fingerprint density at radius 3 is 2.77 bits per heavy atom. The van der Waals surface area contributed by atoms with Crippen LogP contribution in [0.5, 0.6) is 5.88 Å². The maximum absolute atomic E-state index is 5.88. The molecule has 0 saturated heterocycles. The molecule has 1 aromatic rings. The van der Waals surface area contributed by atoms with Crippen molar-refractivity contribution in [1.82, 2.24) is 9.97 Å². The van der Waals surface area contributed by atoms with E-state index in [1.165, 1.54) is 6.33 Å². The third kappa shape index (κ3) is 2.56. The van der Waals surface area contributed by atoms with Crippen LogP contribution in [0.2, 0.25) is 0 Å². The number of halogens is 1. The quantitative estimate of drug-likeness (QED) is 0.700. The van der Waals surface area contributed by atoms with E-state index in [1.54, 1.807) is 7.11 Å². The molecule has 0 aliphatic heterocycles. The second kappa shape index (κ2) is 4.42. The molecule has 0 aliphatic rings. The molecule has 1 heterocycles. The van der Waals surface area contributed by atoms with Gasteiger partial charge in [0.25, 0.3) is 0 Å². The van der Waals surface area contributed by atoms with E-state index < -0.39 is 0 Å². The normalized spacial score (nSPS) is 12.6. The smallest absolute Gasteiger partial charge is 0.219 e. The third-order valence-corrected chi connectivity index (χ3v) is 1.96. The van der Waals surface area contributed by atoms with Crippen molar-refractivity contribution in [2.24, 2.45) is 0 Å². The fourth-order valence-electron chi connectivity index (χ4n) is 1.15. The summed E-state index contributed by atoms with van der Waals surface area (Å²) in [6.07, 6.45) is 2.24. The van der Waals surface area contributed by atoms with Gasteiger partial charge >= 0.3 is 0 Å². The minimum absolute atomic E-state index is 0.0818. The van der Waals surface area contributed by atoms with Crippen molar-refractivity contribution in [3.63, 3.8) is 0 Å². The lowest BCUT2D eigenvalue weighted by Gasteiger charge is -2.08. The van der Waals surface area contributed by atoms with Gasteiger partial charge in [0, 0.05) is 17.4 Å². The molecule has 72 valence electrons. The Balaban J connectivity index is 2.94. The summed E-state index contributed by atoms with van der Waals surface area (Å²) in [6.45, 7) is 3.88. The first kappa shape index (κ1) is 10.3. The lowest BCUT2D eigenvalue weighted by Crippen LogP contribution is -2.04. The molecule has 1 unspecified atom stereocenters. The van der Waals surface area contributed by atoms with E-state index in [-0.39, 0.29) is 5.38 Å². The summed E-state index contributed by atoms with van der Waals surface area (Å²) in [5, 5.41) is 0.0818. The molecule has 0 fully saturated rings. The van der Waals surface area contributed by atoms with Crippen LogP contribution in [0.25, 0.3) is 0 Å². The molecule has 0 N–H and O–H groups in total. The van der Waals surface area contributed by atoms with Crippen LogP contribution in [0.1, 0.15) is 18.2 Å². The van der Waals surface area contributed by atoms with Crippen LogP contribution in [0, 0.1) is 6.92 Å². The van der Waals surface area contributed by atoms with Crippen molar-refractivity contribution in [3.8, 4) is 5.88 Å². The van der Waals surface area contributed by atoms with Gasteiger partial charge in [-0.2, -0.15) is 0 Å². The molecule has 1 atom stereocenters. The summed E-state index contributed by atoms with van der Waals surface area (Å²) in [6, 6.07) is 0. The summed E-state index contributed by atoms with van der Waals surface area (Å²) >= 11 is 5.88. The highest BCUT2D eigenvalue weighted by Crippen LogP contribution is 2.17. The van der Waals surface area contributed by atoms with Gasteiger partial charge in [-0.1, -0.05) is 0 Å². The van der Waals surface area contributed by atoms with E-state index >= 15 is 0 Å². The van der Waals surface area contributed by atoms with Gasteiger partial charge in [-0.25, -0.2) is 9.97 Å². The lowest BCUT2D eigenvalue weighted by atomic mass is 10.1. The molecule has 0 amide bonds. The van der Waals surface area contributed by atoms with Crippen molar-refractivity contribution in [3.05, 3.63) is 17.6 Å². The largest absolute Gasteiger partial charge is 0.481 e. The van der Waals surface area contributed by atoms with Crippen molar-refractivity contribution < 1.29 is 4.74 Å².